The molecule has 158 valence electrons. The number of hydrogen-bond acceptors (Lipinski definition) is 5. The zero-order valence-corrected chi connectivity index (χ0v) is 17.6. The molecule has 1 aromatic heterocycles. The fourth-order valence-electron chi connectivity index (χ4n) is 2.77. The number of imidazole rings is 1. The molecule has 3 rings (SSSR count). The zero-order chi connectivity index (χ0) is 21.3. The summed E-state index contributed by atoms with van der Waals surface area (Å²) in [4.78, 5) is 27.7. The van der Waals surface area contributed by atoms with Gasteiger partial charge in [-0.2, -0.15) is 0 Å². The Kier molecular flexibility index (Phi) is 8.21. The number of hydrogen-bond donors (Lipinski definition) is 2. The topological polar surface area (TPSA) is 88.5 Å². The molecule has 29 heavy (non-hydrogen) atoms. The molecule has 1 aliphatic heterocycles. The van der Waals surface area contributed by atoms with E-state index in [-0.39, 0.29) is 11.7 Å². The van der Waals surface area contributed by atoms with Crippen LogP contribution in [0.1, 0.15) is 32.0 Å². The first-order valence-corrected chi connectivity index (χ1v) is 9.73. The van der Waals surface area contributed by atoms with Crippen molar-refractivity contribution >= 4 is 18.2 Å². The second-order valence-corrected chi connectivity index (χ2v) is 7.87. The number of nitrogens with zero attached hydrogens (tertiary/aromatic N) is 3. The van der Waals surface area contributed by atoms with Crippen molar-refractivity contribution in [2.75, 3.05) is 31.5 Å². The van der Waals surface area contributed by atoms with Crippen LogP contribution in [0.15, 0.2) is 36.8 Å². The van der Waals surface area contributed by atoms with E-state index in [1.54, 1.807) is 11.2 Å². The van der Waals surface area contributed by atoms with Crippen LogP contribution in [0.25, 0.3) is 0 Å². The van der Waals surface area contributed by atoms with Gasteiger partial charge in [0.05, 0.1) is 12.0 Å². The molecule has 2 amide bonds. The highest BCUT2D eigenvalue weighted by atomic mass is 16.6. The lowest BCUT2D eigenvalue weighted by molar-refractivity contribution is -0.105. The number of carbonyl (C=O) groups excluding carboxylic acids is 2. The van der Waals surface area contributed by atoms with Gasteiger partial charge < -0.3 is 24.8 Å². The largest absolute Gasteiger partial charge is 0.444 e. The summed E-state index contributed by atoms with van der Waals surface area (Å²) in [5, 5.41) is 5.82. The number of rotatable bonds is 4. The third kappa shape index (κ3) is 8.35. The van der Waals surface area contributed by atoms with E-state index in [1.807, 2.05) is 62.7 Å². The van der Waals surface area contributed by atoms with Gasteiger partial charge in [0.2, 0.25) is 6.41 Å². The van der Waals surface area contributed by atoms with Crippen LogP contribution in [0.5, 0.6) is 0 Å². The highest BCUT2D eigenvalue weighted by Crippen LogP contribution is 2.11. The molecular weight excluding hydrogens is 370 g/mol. The lowest BCUT2D eigenvalue weighted by Crippen LogP contribution is -2.48. The molecule has 0 spiro atoms. The Hall–Kier alpha value is -2.87. The molecule has 2 aromatic rings. The van der Waals surface area contributed by atoms with E-state index in [4.69, 9.17) is 4.74 Å². The number of anilines is 1. The van der Waals surface area contributed by atoms with Crippen LogP contribution < -0.4 is 10.6 Å². The average Bonchev–Trinajstić information content (AvgIpc) is 3.07. The average molecular weight is 402 g/mol. The number of aryl methyl sites for hydroxylation is 1. The maximum Gasteiger partial charge on any atom is 0.410 e. The Morgan fingerprint density at radius 3 is 2.62 bits per heavy atom. The molecule has 0 bridgehead atoms. The fourth-order valence-corrected chi connectivity index (χ4v) is 2.77. The Morgan fingerprint density at radius 2 is 2.03 bits per heavy atom. The Morgan fingerprint density at radius 1 is 1.31 bits per heavy atom. The Bertz CT molecular complexity index is 792. The smallest absolute Gasteiger partial charge is 0.410 e. The molecule has 0 unspecified atom stereocenters. The summed E-state index contributed by atoms with van der Waals surface area (Å²) in [7, 11) is 0. The molecule has 0 saturated carbocycles. The van der Waals surface area contributed by atoms with Gasteiger partial charge in [-0.1, -0.05) is 12.1 Å². The minimum atomic E-state index is -0.387. The van der Waals surface area contributed by atoms with Crippen LogP contribution in [0.2, 0.25) is 0 Å². The third-order valence-electron chi connectivity index (χ3n) is 4.05. The molecule has 0 atom stereocenters. The van der Waals surface area contributed by atoms with Crippen molar-refractivity contribution in [3.05, 3.63) is 48.0 Å². The summed E-state index contributed by atoms with van der Waals surface area (Å²) in [5.74, 6) is 0. The summed E-state index contributed by atoms with van der Waals surface area (Å²) in [6.45, 7) is 11.6. The molecular formula is C21H31N5O3. The van der Waals surface area contributed by atoms with Crippen LogP contribution in [-0.4, -0.2) is 58.7 Å². The summed E-state index contributed by atoms with van der Waals surface area (Å²) in [6.07, 6.45) is 4.27. The van der Waals surface area contributed by atoms with Crippen LogP contribution in [0.3, 0.4) is 0 Å². The molecule has 1 fully saturated rings. The van der Waals surface area contributed by atoms with Gasteiger partial charge in [-0.25, -0.2) is 9.78 Å². The fraction of sp³-hybridized carbons (Fsp3) is 0.476. The van der Waals surface area contributed by atoms with E-state index in [0.717, 1.165) is 49.7 Å². The number of ether oxygens (including phenoxy) is 1. The maximum absolute atomic E-state index is 11.5. The van der Waals surface area contributed by atoms with Gasteiger partial charge in [0.25, 0.3) is 0 Å². The van der Waals surface area contributed by atoms with Gasteiger partial charge in [-0.3, -0.25) is 4.79 Å². The van der Waals surface area contributed by atoms with Crippen molar-refractivity contribution in [2.24, 2.45) is 0 Å². The zero-order valence-electron chi connectivity index (χ0n) is 17.6. The van der Waals surface area contributed by atoms with E-state index in [2.05, 4.69) is 15.6 Å². The highest BCUT2D eigenvalue weighted by molar-refractivity contribution is 5.71. The molecule has 1 saturated heterocycles. The van der Waals surface area contributed by atoms with Crippen molar-refractivity contribution < 1.29 is 14.3 Å². The summed E-state index contributed by atoms with van der Waals surface area (Å²) in [6, 6.07) is 7.75. The number of piperazine rings is 1. The second kappa shape index (κ2) is 10.6. The molecule has 0 radical (unpaired) electrons. The lowest BCUT2D eigenvalue weighted by Gasteiger charge is -2.30. The standard InChI is InChI=1S/C12H13N3O.C9H18N2O2/c1-10-6-15(8-13-10)7-11-3-2-4-12(5-11)14-9-16;1-9(2,3)13-8(12)11-6-4-10-5-7-11/h2-6,8-9H,7H2,1H3,(H,14,16);10H,4-7H2,1-3H3. The lowest BCUT2D eigenvalue weighted by atomic mass is 10.2. The van der Waals surface area contributed by atoms with Crippen molar-refractivity contribution in [1.29, 1.82) is 0 Å². The number of carbonyl (C=O) groups is 2. The van der Waals surface area contributed by atoms with Gasteiger partial charge in [-0.05, 0) is 45.4 Å². The number of benzene rings is 1. The van der Waals surface area contributed by atoms with Gasteiger partial charge in [-0.15, -0.1) is 0 Å². The molecule has 8 heteroatoms. The monoisotopic (exact) mass is 401 g/mol. The molecule has 2 heterocycles. The first-order chi connectivity index (χ1) is 13.8. The Balaban J connectivity index is 0.000000212. The second-order valence-electron chi connectivity index (χ2n) is 7.87. The molecule has 2 N–H and O–H groups in total. The summed E-state index contributed by atoms with van der Waals surface area (Å²) < 4.78 is 7.25. The minimum Gasteiger partial charge on any atom is -0.444 e. The van der Waals surface area contributed by atoms with Crippen molar-refractivity contribution in [3.8, 4) is 0 Å². The normalized spacial score (nSPS) is 13.9. The minimum absolute atomic E-state index is 0.200. The van der Waals surface area contributed by atoms with Crippen molar-refractivity contribution in [1.82, 2.24) is 19.8 Å². The third-order valence-corrected chi connectivity index (χ3v) is 4.05. The van der Waals surface area contributed by atoms with Gasteiger partial charge in [0.1, 0.15) is 5.60 Å². The van der Waals surface area contributed by atoms with E-state index >= 15 is 0 Å². The molecule has 1 aliphatic rings. The first kappa shape index (κ1) is 22.4. The van der Waals surface area contributed by atoms with E-state index in [9.17, 15) is 9.59 Å². The predicted molar refractivity (Wildman–Crippen MR) is 113 cm³/mol. The van der Waals surface area contributed by atoms with Crippen molar-refractivity contribution in [2.45, 2.75) is 39.8 Å². The quantitative estimate of drug-likeness (QED) is 0.769. The Labute approximate surface area is 172 Å². The first-order valence-electron chi connectivity index (χ1n) is 9.73. The highest BCUT2D eigenvalue weighted by Gasteiger charge is 2.22. The molecule has 0 aliphatic carbocycles. The summed E-state index contributed by atoms with van der Waals surface area (Å²) >= 11 is 0. The van der Waals surface area contributed by atoms with Crippen LogP contribution in [-0.2, 0) is 16.1 Å². The number of amides is 2. The van der Waals surface area contributed by atoms with E-state index in [0.29, 0.717) is 6.41 Å². The predicted octanol–water partition coefficient (Wildman–Crippen LogP) is 2.63. The number of nitrogens with one attached hydrogen (secondary N) is 2. The number of aromatic nitrogens is 2. The summed E-state index contributed by atoms with van der Waals surface area (Å²) in [5.41, 5.74) is 2.55. The SMILES string of the molecule is CC(C)(C)OC(=O)N1CCNCC1.Cc1cn(Cc2cccc(NC=O)c2)cn1. The van der Waals surface area contributed by atoms with Gasteiger partial charge >= 0.3 is 6.09 Å². The van der Waals surface area contributed by atoms with Gasteiger partial charge in [0.15, 0.2) is 0 Å². The molecule has 8 nitrogen and oxygen atoms in total. The van der Waals surface area contributed by atoms with Gasteiger partial charge in [0, 0.05) is 44.6 Å². The van der Waals surface area contributed by atoms with Crippen LogP contribution >= 0.6 is 0 Å². The van der Waals surface area contributed by atoms with E-state index < -0.39 is 0 Å². The van der Waals surface area contributed by atoms with Crippen LogP contribution in [0, 0.1) is 6.92 Å². The van der Waals surface area contributed by atoms with Crippen molar-refractivity contribution in [3.63, 3.8) is 0 Å². The van der Waals surface area contributed by atoms with E-state index in [1.165, 1.54) is 0 Å². The van der Waals surface area contributed by atoms with Crippen LogP contribution in [0.4, 0.5) is 10.5 Å². The molecule has 1 aromatic carbocycles. The maximum atomic E-state index is 11.5.